The molecular formula is C24H30N2. The van der Waals surface area contributed by atoms with E-state index in [1.807, 2.05) is 12.3 Å². The zero-order valence-electron chi connectivity index (χ0n) is 16.7. The van der Waals surface area contributed by atoms with Crippen LogP contribution in [0.3, 0.4) is 0 Å². The minimum atomic E-state index is 0.142. The van der Waals surface area contributed by atoms with Crippen molar-refractivity contribution < 1.29 is 0 Å². The summed E-state index contributed by atoms with van der Waals surface area (Å²) < 4.78 is 0. The van der Waals surface area contributed by atoms with Crippen LogP contribution in [0.4, 0.5) is 0 Å². The van der Waals surface area contributed by atoms with E-state index in [1.54, 1.807) is 0 Å². The fourth-order valence-corrected chi connectivity index (χ4v) is 3.67. The minimum absolute atomic E-state index is 0.142. The second-order valence-electron chi connectivity index (χ2n) is 9.40. The largest absolute Gasteiger partial charge is 0.261 e. The van der Waals surface area contributed by atoms with Crippen molar-refractivity contribution >= 4 is 10.9 Å². The van der Waals surface area contributed by atoms with E-state index in [9.17, 15) is 0 Å². The standard InChI is InChI=1S/C24H30N2/c1-23(2,3)14-18-11-12-20(26-17-18)16-24(4,5)15-19-8-6-10-22-21(19)9-7-13-25-22/h6-13,17H,14-16H2,1-5H3. The maximum atomic E-state index is 4.74. The van der Waals surface area contributed by atoms with Gasteiger partial charge in [0.15, 0.2) is 0 Å². The Hall–Kier alpha value is -2.22. The molecule has 0 unspecified atom stereocenters. The van der Waals surface area contributed by atoms with Crippen molar-refractivity contribution in [1.82, 2.24) is 9.97 Å². The summed E-state index contributed by atoms with van der Waals surface area (Å²) in [7, 11) is 0. The fraction of sp³-hybridized carbons (Fsp3) is 0.417. The maximum absolute atomic E-state index is 4.74. The SMILES string of the molecule is CC(C)(C)Cc1ccc(CC(C)(C)Cc2cccc3ncccc23)nc1. The number of pyridine rings is 2. The number of nitrogens with zero attached hydrogens (tertiary/aromatic N) is 2. The predicted molar refractivity (Wildman–Crippen MR) is 110 cm³/mol. The van der Waals surface area contributed by atoms with E-state index in [2.05, 4.69) is 82.2 Å². The third-order valence-corrected chi connectivity index (χ3v) is 4.69. The van der Waals surface area contributed by atoms with Crippen LogP contribution in [0.5, 0.6) is 0 Å². The van der Waals surface area contributed by atoms with Gasteiger partial charge in [-0.15, -0.1) is 0 Å². The van der Waals surface area contributed by atoms with Crippen LogP contribution in [0.25, 0.3) is 10.9 Å². The Balaban J connectivity index is 1.74. The van der Waals surface area contributed by atoms with E-state index in [4.69, 9.17) is 4.98 Å². The highest BCUT2D eigenvalue weighted by Gasteiger charge is 2.21. The van der Waals surface area contributed by atoms with Crippen molar-refractivity contribution in [2.24, 2.45) is 10.8 Å². The topological polar surface area (TPSA) is 25.8 Å². The van der Waals surface area contributed by atoms with E-state index in [1.165, 1.54) is 22.2 Å². The van der Waals surface area contributed by atoms with Gasteiger partial charge in [0.2, 0.25) is 0 Å². The van der Waals surface area contributed by atoms with Gasteiger partial charge in [-0.05, 0) is 59.4 Å². The molecule has 2 nitrogen and oxygen atoms in total. The van der Waals surface area contributed by atoms with Gasteiger partial charge >= 0.3 is 0 Å². The van der Waals surface area contributed by atoms with Gasteiger partial charge in [-0.3, -0.25) is 9.97 Å². The Labute approximate surface area is 157 Å². The highest BCUT2D eigenvalue weighted by molar-refractivity contribution is 5.81. The molecule has 0 radical (unpaired) electrons. The summed E-state index contributed by atoms with van der Waals surface area (Å²) in [4.78, 5) is 9.22. The second-order valence-corrected chi connectivity index (χ2v) is 9.40. The van der Waals surface area contributed by atoms with Crippen LogP contribution < -0.4 is 0 Å². The second kappa shape index (κ2) is 7.19. The van der Waals surface area contributed by atoms with Crippen molar-refractivity contribution in [2.75, 3.05) is 0 Å². The normalized spacial score (nSPS) is 12.5. The molecule has 0 N–H and O–H groups in total. The molecule has 1 aromatic carbocycles. The highest BCUT2D eigenvalue weighted by atomic mass is 14.7. The summed E-state index contributed by atoms with van der Waals surface area (Å²) in [5, 5.41) is 1.26. The summed E-state index contributed by atoms with van der Waals surface area (Å²) in [6.07, 6.45) is 6.96. The van der Waals surface area contributed by atoms with Gasteiger partial charge in [0, 0.05) is 23.5 Å². The number of benzene rings is 1. The average Bonchev–Trinajstić information content (AvgIpc) is 2.55. The molecule has 0 amide bonds. The number of rotatable bonds is 5. The van der Waals surface area contributed by atoms with Gasteiger partial charge in [0.05, 0.1) is 5.52 Å². The Morgan fingerprint density at radius 1 is 0.769 bits per heavy atom. The molecule has 3 aromatic rings. The third kappa shape index (κ3) is 4.91. The van der Waals surface area contributed by atoms with Crippen LogP contribution in [0.1, 0.15) is 51.4 Å². The molecule has 0 bridgehead atoms. The lowest BCUT2D eigenvalue weighted by Gasteiger charge is -2.25. The fourth-order valence-electron chi connectivity index (χ4n) is 3.67. The monoisotopic (exact) mass is 346 g/mol. The van der Waals surface area contributed by atoms with E-state index >= 15 is 0 Å². The van der Waals surface area contributed by atoms with Gasteiger partial charge < -0.3 is 0 Å². The van der Waals surface area contributed by atoms with Crippen molar-refractivity contribution in [3.8, 4) is 0 Å². The molecule has 0 saturated heterocycles. The van der Waals surface area contributed by atoms with Crippen LogP contribution in [0.2, 0.25) is 0 Å². The summed E-state index contributed by atoms with van der Waals surface area (Å²) in [5.74, 6) is 0. The van der Waals surface area contributed by atoms with Crippen molar-refractivity contribution in [3.63, 3.8) is 0 Å². The summed E-state index contributed by atoms with van der Waals surface area (Å²) >= 11 is 0. The number of hydrogen-bond donors (Lipinski definition) is 0. The van der Waals surface area contributed by atoms with Gasteiger partial charge in [-0.1, -0.05) is 58.9 Å². The third-order valence-electron chi connectivity index (χ3n) is 4.69. The molecule has 0 spiro atoms. The molecule has 0 aliphatic heterocycles. The van der Waals surface area contributed by atoms with Crippen LogP contribution in [-0.4, -0.2) is 9.97 Å². The quantitative estimate of drug-likeness (QED) is 0.563. The minimum Gasteiger partial charge on any atom is -0.261 e. The maximum Gasteiger partial charge on any atom is 0.0704 e. The van der Waals surface area contributed by atoms with Crippen LogP contribution in [0, 0.1) is 10.8 Å². The van der Waals surface area contributed by atoms with E-state index in [0.29, 0.717) is 5.41 Å². The average molecular weight is 347 g/mol. The molecule has 0 saturated carbocycles. The zero-order chi connectivity index (χ0) is 18.8. The Bertz CT molecular complexity index is 865. The van der Waals surface area contributed by atoms with E-state index in [-0.39, 0.29) is 5.41 Å². The molecule has 26 heavy (non-hydrogen) atoms. The van der Waals surface area contributed by atoms with Gasteiger partial charge in [0.25, 0.3) is 0 Å². The molecule has 2 heterocycles. The summed E-state index contributed by atoms with van der Waals surface area (Å²) in [5.41, 5.74) is 5.37. The first-order valence-corrected chi connectivity index (χ1v) is 9.48. The molecule has 2 heteroatoms. The lowest BCUT2D eigenvalue weighted by molar-refractivity contribution is 0.357. The predicted octanol–water partition coefficient (Wildman–Crippen LogP) is 6.03. The Morgan fingerprint density at radius 3 is 2.27 bits per heavy atom. The molecule has 2 aromatic heterocycles. The van der Waals surface area contributed by atoms with Crippen molar-refractivity contribution in [2.45, 2.75) is 53.9 Å². The van der Waals surface area contributed by atoms with E-state index in [0.717, 1.165) is 24.8 Å². The molecule has 0 fully saturated rings. The van der Waals surface area contributed by atoms with Gasteiger partial charge in [-0.2, -0.15) is 0 Å². The molecule has 3 rings (SSSR count). The van der Waals surface area contributed by atoms with Crippen LogP contribution in [0.15, 0.2) is 54.9 Å². The van der Waals surface area contributed by atoms with Crippen LogP contribution in [-0.2, 0) is 19.3 Å². The smallest absolute Gasteiger partial charge is 0.0704 e. The summed E-state index contributed by atoms with van der Waals surface area (Å²) in [6, 6.07) is 15.1. The lowest BCUT2D eigenvalue weighted by atomic mass is 9.80. The number of aromatic nitrogens is 2. The molecular weight excluding hydrogens is 316 g/mol. The first-order valence-electron chi connectivity index (χ1n) is 9.48. The number of hydrogen-bond acceptors (Lipinski definition) is 2. The van der Waals surface area contributed by atoms with Gasteiger partial charge in [-0.25, -0.2) is 0 Å². The van der Waals surface area contributed by atoms with E-state index < -0.39 is 0 Å². The zero-order valence-corrected chi connectivity index (χ0v) is 16.7. The highest BCUT2D eigenvalue weighted by Crippen LogP contribution is 2.29. The Morgan fingerprint density at radius 2 is 1.58 bits per heavy atom. The van der Waals surface area contributed by atoms with Crippen LogP contribution >= 0.6 is 0 Å². The first-order chi connectivity index (χ1) is 12.2. The molecule has 136 valence electrons. The molecule has 0 aliphatic carbocycles. The first kappa shape index (κ1) is 18.6. The Kier molecular flexibility index (Phi) is 5.13. The summed E-state index contributed by atoms with van der Waals surface area (Å²) in [6.45, 7) is 11.5. The van der Waals surface area contributed by atoms with Crippen molar-refractivity contribution in [1.29, 1.82) is 0 Å². The molecule has 0 aliphatic rings. The van der Waals surface area contributed by atoms with Crippen molar-refractivity contribution in [3.05, 3.63) is 71.7 Å². The number of fused-ring (bicyclic) bond motifs is 1. The van der Waals surface area contributed by atoms with Gasteiger partial charge in [0.1, 0.15) is 0 Å². The lowest BCUT2D eigenvalue weighted by Crippen LogP contribution is -2.19. The molecule has 0 atom stereocenters.